The quantitative estimate of drug-likeness (QED) is 0.697. The van der Waals surface area contributed by atoms with Crippen LogP contribution in [0.4, 0.5) is 0 Å². The first-order valence-electron chi connectivity index (χ1n) is 8.86. The first kappa shape index (κ1) is 19.2. The minimum Gasteiger partial charge on any atom is -0.493 e. The number of hydrogen-bond donors (Lipinski definition) is 1. The number of rotatable bonds is 5. The number of benzene rings is 1. The lowest BCUT2D eigenvalue weighted by Crippen LogP contribution is -2.49. The topological polar surface area (TPSA) is 50.8 Å². The molecular weight excluding hydrogens is 416 g/mol. The number of hydrogen-bond acceptors (Lipinski definition) is 4. The number of ketones is 1. The molecular formula is C19H23BrN2O3S. The van der Waals surface area contributed by atoms with Crippen LogP contribution in [0.2, 0.25) is 0 Å². The highest BCUT2D eigenvalue weighted by Gasteiger charge is 2.37. The number of carbonyl (C=O) groups is 1. The van der Waals surface area contributed by atoms with Crippen molar-refractivity contribution in [1.82, 2.24) is 10.2 Å². The Bertz CT molecular complexity index is 778. The lowest BCUT2D eigenvalue weighted by molar-refractivity contribution is -0.116. The number of ether oxygens (including phenoxy) is 2. The van der Waals surface area contributed by atoms with Gasteiger partial charge in [0, 0.05) is 24.2 Å². The number of halogens is 1. The molecule has 0 bridgehead atoms. The minimum absolute atomic E-state index is 0.189. The minimum atomic E-state index is -0.269. The van der Waals surface area contributed by atoms with Crippen LogP contribution in [0.1, 0.15) is 44.7 Å². The number of thiocarbonyl (C=S) groups is 1. The van der Waals surface area contributed by atoms with Crippen LogP contribution in [0.15, 0.2) is 27.9 Å². The van der Waals surface area contributed by atoms with Crippen molar-refractivity contribution in [3.63, 3.8) is 0 Å². The number of methoxy groups -OCH3 is 1. The summed E-state index contributed by atoms with van der Waals surface area (Å²) in [7, 11) is 1.61. The van der Waals surface area contributed by atoms with Gasteiger partial charge in [-0.05, 0) is 72.5 Å². The van der Waals surface area contributed by atoms with Crippen LogP contribution in [-0.2, 0) is 4.79 Å². The maximum Gasteiger partial charge on any atom is 0.175 e. The molecule has 0 spiro atoms. The predicted molar refractivity (Wildman–Crippen MR) is 109 cm³/mol. The van der Waals surface area contributed by atoms with Gasteiger partial charge in [-0.1, -0.05) is 0 Å². The van der Waals surface area contributed by atoms with E-state index in [2.05, 4.69) is 28.2 Å². The van der Waals surface area contributed by atoms with E-state index in [0.717, 1.165) is 40.7 Å². The van der Waals surface area contributed by atoms with Gasteiger partial charge < -0.3 is 19.7 Å². The van der Waals surface area contributed by atoms with Gasteiger partial charge >= 0.3 is 0 Å². The molecule has 1 atom stereocenters. The summed E-state index contributed by atoms with van der Waals surface area (Å²) >= 11 is 9.15. The molecule has 1 aliphatic heterocycles. The molecule has 1 aromatic rings. The lowest BCUT2D eigenvalue weighted by Gasteiger charge is -2.40. The van der Waals surface area contributed by atoms with Crippen LogP contribution in [0.3, 0.4) is 0 Å². The Balaban J connectivity index is 2.12. The van der Waals surface area contributed by atoms with E-state index in [1.54, 1.807) is 7.11 Å². The van der Waals surface area contributed by atoms with Crippen molar-refractivity contribution < 1.29 is 14.3 Å². The van der Waals surface area contributed by atoms with E-state index < -0.39 is 0 Å². The molecule has 1 N–H and O–H groups in total. The van der Waals surface area contributed by atoms with Gasteiger partial charge in [0.15, 0.2) is 22.4 Å². The van der Waals surface area contributed by atoms with Crippen molar-refractivity contribution in [2.24, 2.45) is 0 Å². The summed E-state index contributed by atoms with van der Waals surface area (Å²) in [5.41, 5.74) is 2.81. The molecule has 1 aromatic carbocycles. The highest BCUT2D eigenvalue weighted by molar-refractivity contribution is 9.10. The second kappa shape index (κ2) is 7.96. The fraction of sp³-hybridized carbons (Fsp3) is 0.474. The van der Waals surface area contributed by atoms with E-state index in [1.807, 2.05) is 24.0 Å². The molecule has 140 valence electrons. The Morgan fingerprint density at radius 2 is 2.12 bits per heavy atom. The summed E-state index contributed by atoms with van der Waals surface area (Å²) in [6, 6.07) is 3.63. The first-order valence-corrected chi connectivity index (χ1v) is 10.1. The van der Waals surface area contributed by atoms with Crippen LogP contribution in [0, 0.1) is 0 Å². The second-order valence-corrected chi connectivity index (χ2v) is 7.47. The molecule has 1 unspecified atom stereocenters. The van der Waals surface area contributed by atoms with Gasteiger partial charge in [0.25, 0.3) is 0 Å². The third-order valence-electron chi connectivity index (χ3n) is 4.75. The Kier molecular flexibility index (Phi) is 5.87. The lowest BCUT2D eigenvalue weighted by atomic mass is 9.84. The normalized spacial score (nSPS) is 20.0. The molecule has 0 fully saturated rings. The van der Waals surface area contributed by atoms with E-state index in [4.69, 9.17) is 21.7 Å². The molecule has 5 nitrogen and oxygen atoms in total. The average molecular weight is 439 g/mol. The molecule has 7 heteroatoms. The third kappa shape index (κ3) is 3.34. The highest BCUT2D eigenvalue weighted by Crippen LogP contribution is 2.42. The summed E-state index contributed by atoms with van der Waals surface area (Å²) < 4.78 is 12.0. The first-order chi connectivity index (χ1) is 12.5. The van der Waals surface area contributed by atoms with Crippen LogP contribution >= 0.6 is 28.1 Å². The maximum atomic E-state index is 12.8. The largest absolute Gasteiger partial charge is 0.493 e. The summed E-state index contributed by atoms with van der Waals surface area (Å²) in [5, 5.41) is 4.02. The van der Waals surface area contributed by atoms with E-state index in [0.29, 0.717) is 29.6 Å². The van der Waals surface area contributed by atoms with Gasteiger partial charge in [-0.25, -0.2) is 0 Å². The molecule has 0 radical (unpaired) electrons. The molecule has 1 heterocycles. The number of carbonyl (C=O) groups excluding carboxylic acids is 1. The fourth-order valence-corrected chi connectivity index (χ4v) is 4.56. The molecule has 3 rings (SSSR count). The summed E-state index contributed by atoms with van der Waals surface area (Å²) in [6.45, 7) is 5.27. The van der Waals surface area contributed by atoms with Crippen molar-refractivity contribution in [1.29, 1.82) is 0 Å². The van der Waals surface area contributed by atoms with Crippen molar-refractivity contribution in [2.45, 2.75) is 39.2 Å². The van der Waals surface area contributed by atoms with E-state index in [1.165, 1.54) is 0 Å². The van der Waals surface area contributed by atoms with Crippen LogP contribution in [0.5, 0.6) is 11.5 Å². The zero-order valence-electron chi connectivity index (χ0n) is 15.2. The summed E-state index contributed by atoms with van der Waals surface area (Å²) in [5.74, 6) is 1.48. The van der Waals surface area contributed by atoms with Gasteiger partial charge in [0.05, 0.1) is 24.2 Å². The van der Waals surface area contributed by atoms with E-state index in [9.17, 15) is 4.79 Å². The van der Waals surface area contributed by atoms with Gasteiger partial charge in [0.1, 0.15) is 0 Å². The van der Waals surface area contributed by atoms with Crippen LogP contribution in [0.25, 0.3) is 0 Å². The van der Waals surface area contributed by atoms with E-state index in [-0.39, 0.29) is 11.8 Å². The van der Waals surface area contributed by atoms with Gasteiger partial charge in [0.2, 0.25) is 0 Å². The third-order valence-corrected chi connectivity index (χ3v) is 5.67. The molecule has 0 saturated carbocycles. The SMILES string of the molecule is CCOc1c(Br)cc(C2NC(=S)N(CC)C3=C2C(=O)CCC3)cc1OC. The summed E-state index contributed by atoms with van der Waals surface area (Å²) in [4.78, 5) is 14.8. The molecule has 2 aliphatic rings. The fourth-order valence-electron chi connectivity index (χ4n) is 3.63. The predicted octanol–water partition coefficient (Wildman–Crippen LogP) is 4.11. The van der Waals surface area contributed by atoms with Crippen LogP contribution in [-0.4, -0.2) is 36.1 Å². The van der Waals surface area contributed by atoms with E-state index >= 15 is 0 Å². The molecule has 26 heavy (non-hydrogen) atoms. The maximum absolute atomic E-state index is 12.8. The van der Waals surface area contributed by atoms with Crippen LogP contribution < -0.4 is 14.8 Å². The molecule has 0 aromatic heterocycles. The van der Waals surface area contributed by atoms with Gasteiger partial charge in [-0.15, -0.1) is 0 Å². The smallest absolute Gasteiger partial charge is 0.175 e. The van der Waals surface area contributed by atoms with Gasteiger partial charge in [-0.3, -0.25) is 4.79 Å². The molecule has 0 saturated heterocycles. The summed E-state index contributed by atoms with van der Waals surface area (Å²) in [6.07, 6.45) is 2.33. The zero-order valence-corrected chi connectivity index (χ0v) is 17.6. The highest BCUT2D eigenvalue weighted by atomic mass is 79.9. The number of Topliss-reactive ketones (excluding diaryl/α,β-unsaturated/α-hetero) is 1. The van der Waals surface area contributed by atoms with Crippen molar-refractivity contribution in [2.75, 3.05) is 20.3 Å². The monoisotopic (exact) mass is 438 g/mol. The Labute approximate surface area is 167 Å². The number of nitrogens with one attached hydrogen (secondary N) is 1. The number of allylic oxidation sites excluding steroid dienone is 1. The zero-order chi connectivity index (χ0) is 18.8. The Morgan fingerprint density at radius 1 is 1.35 bits per heavy atom. The van der Waals surface area contributed by atoms with Crippen molar-refractivity contribution in [3.8, 4) is 11.5 Å². The van der Waals surface area contributed by atoms with Crippen molar-refractivity contribution >= 4 is 39.0 Å². The van der Waals surface area contributed by atoms with Gasteiger partial charge in [-0.2, -0.15) is 0 Å². The Hall–Kier alpha value is -1.60. The Morgan fingerprint density at radius 3 is 2.77 bits per heavy atom. The number of nitrogens with zero attached hydrogens (tertiary/aromatic N) is 1. The molecule has 0 amide bonds. The standard InChI is InChI=1S/C19H23BrN2O3S/c1-4-22-13-7-6-8-14(23)16(13)17(21-19(22)26)11-9-12(20)18(25-5-2)15(10-11)24-3/h9-10,17H,4-8H2,1-3H3,(H,21,26). The molecule has 1 aliphatic carbocycles. The van der Waals surface area contributed by atoms with Crippen molar-refractivity contribution in [3.05, 3.63) is 33.4 Å². The second-order valence-electron chi connectivity index (χ2n) is 6.23. The average Bonchev–Trinajstić information content (AvgIpc) is 2.62.